The Hall–Kier alpha value is -4.82. The molecule has 44 heavy (non-hydrogen) atoms. The molecule has 0 saturated heterocycles. The maximum atomic E-state index is 2.79. The lowest BCUT2D eigenvalue weighted by Crippen LogP contribution is -2.81. The van der Waals surface area contributed by atoms with Gasteiger partial charge in [-0.15, -0.1) is 9.13 Å². The molecule has 7 aliphatic rings. The van der Waals surface area contributed by atoms with Crippen molar-refractivity contribution < 1.29 is 9.13 Å². The van der Waals surface area contributed by atoms with Gasteiger partial charge in [-0.2, -0.15) is 0 Å². The van der Waals surface area contributed by atoms with Crippen molar-refractivity contribution in [3.63, 3.8) is 0 Å². The average molecular weight is 561 g/mol. The lowest BCUT2D eigenvalue weighted by Gasteiger charge is -2.48. The van der Waals surface area contributed by atoms with Gasteiger partial charge in [0.2, 0.25) is 11.4 Å². The molecule has 2 aromatic heterocycles. The van der Waals surface area contributed by atoms with E-state index in [4.69, 9.17) is 0 Å². The van der Waals surface area contributed by atoms with E-state index in [1.165, 1.54) is 67.0 Å². The summed E-state index contributed by atoms with van der Waals surface area (Å²) in [6, 6.07) is 33.7. The minimum atomic E-state index is -0.420. The predicted molar refractivity (Wildman–Crippen MR) is 167 cm³/mol. The molecule has 0 amide bonds. The van der Waals surface area contributed by atoms with Crippen molar-refractivity contribution in [1.82, 2.24) is 0 Å². The maximum absolute atomic E-state index is 2.79. The number of hydrogen-bond donors (Lipinski definition) is 0. The molecule has 2 nitrogen and oxygen atoms in total. The van der Waals surface area contributed by atoms with Gasteiger partial charge in [-0.3, -0.25) is 0 Å². The number of benzene rings is 4. The first-order valence-corrected chi connectivity index (χ1v) is 16.4. The summed E-state index contributed by atoms with van der Waals surface area (Å²) in [6.45, 7) is 0. The van der Waals surface area contributed by atoms with E-state index in [9.17, 15) is 0 Å². The first-order valence-electron chi connectivity index (χ1n) is 16.4. The van der Waals surface area contributed by atoms with Crippen LogP contribution in [0.4, 0.5) is 0 Å². The molecule has 0 saturated carbocycles. The van der Waals surface area contributed by atoms with Gasteiger partial charge >= 0.3 is 5.66 Å². The maximum Gasteiger partial charge on any atom is 0.416 e. The normalized spacial score (nSPS) is 23.1. The molecule has 2 unspecified atom stereocenters. The molecule has 0 N–H and O–H groups in total. The zero-order chi connectivity index (χ0) is 28.1. The number of nitrogens with zero attached hydrogens (tertiary/aromatic N) is 2. The third-order valence-electron chi connectivity index (χ3n) is 12.7. The van der Waals surface area contributed by atoms with Gasteiger partial charge in [-0.05, 0) is 98.2 Å². The summed E-state index contributed by atoms with van der Waals surface area (Å²) < 4.78 is 5.58. The third-order valence-corrected chi connectivity index (χ3v) is 12.7. The first-order chi connectivity index (χ1) is 21.8. The van der Waals surface area contributed by atoms with Crippen LogP contribution in [0.1, 0.15) is 112 Å². The quantitative estimate of drug-likeness (QED) is 0.199. The zero-order valence-electron chi connectivity index (χ0n) is 24.3. The van der Waals surface area contributed by atoms with Gasteiger partial charge in [0.05, 0.1) is 11.8 Å². The highest BCUT2D eigenvalue weighted by atomic mass is 15.3. The fourth-order valence-corrected chi connectivity index (χ4v) is 11.4. The highest BCUT2D eigenvalue weighted by Crippen LogP contribution is 2.60. The molecule has 4 heterocycles. The van der Waals surface area contributed by atoms with Gasteiger partial charge < -0.3 is 0 Å². The smallest absolute Gasteiger partial charge is 0.129 e. The van der Waals surface area contributed by atoms with Gasteiger partial charge in [-0.25, -0.2) is 0 Å². The minimum Gasteiger partial charge on any atom is -0.129 e. The van der Waals surface area contributed by atoms with E-state index < -0.39 is 5.66 Å². The van der Waals surface area contributed by atoms with E-state index in [2.05, 4.69) is 106 Å². The molecular weight excluding hydrogens is 532 g/mol. The summed E-state index contributed by atoms with van der Waals surface area (Å²) in [5.74, 6) is 0.614. The van der Waals surface area contributed by atoms with Crippen LogP contribution in [0, 0.1) is 0 Å². The summed E-state index contributed by atoms with van der Waals surface area (Å²) in [4.78, 5) is 0. The lowest BCUT2D eigenvalue weighted by atomic mass is 9.57. The molecule has 6 aromatic rings. The standard InChI is InChI=1S/C42H28N2/c1-5-22-17-26-11-13-28-21-29-14-12-27-18-23-6-2-8-25-20-31-10-4-16-44-41(31)37(33(23)25)35(27)39(29)42(44)38(28)34(26)36-32(22)24(7-1)19-30-9-3-15-43(42)40(30)36/h1-16,36-37H,17-21H2/q+2. The van der Waals surface area contributed by atoms with Gasteiger partial charge in [-0.1, -0.05) is 60.7 Å². The lowest BCUT2D eigenvalue weighted by molar-refractivity contribution is -0.980. The molecule has 0 fully saturated rings. The third kappa shape index (κ3) is 2.07. The number of rotatable bonds is 0. The molecule has 2 aliphatic heterocycles. The Morgan fingerprint density at radius 1 is 0.386 bits per heavy atom. The topological polar surface area (TPSA) is 7.76 Å². The molecule has 204 valence electrons. The predicted octanol–water partition coefficient (Wildman–Crippen LogP) is 6.07. The molecule has 0 radical (unpaired) electrons. The van der Waals surface area contributed by atoms with Crippen LogP contribution in [-0.2, 0) is 37.8 Å². The van der Waals surface area contributed by atoms with E-state index in [1.807, 2.05) is 0 Å². The number of pyridine rings is 2. The fraction of sp³-hybridized carbons (Fsp3) is 0.190. The van der Waals surface area contributed by atoms with Crippen molar-refractivity contribution in [2.24, 2.45) is 0 Å². The Balaban J connectivity index is 1.28. The van der Waals surface area contributed by atoms with Gasteiger partial charge in [0, 0.05) is 36.1 Å². The van der Waals surface area contributed by atoms with Crippen molar-refractivity contribution in [3.8, 4) is 0 Å². The molecule has 4 aromatic carbocycles. The van der Waals surface area contributed by atoms with Crippen LogP contribution in [0.25, 0.3) is 0 Å². The first kappa shape index (κ1) is 21.8. The molecule has 2 heteroatoms. The zero-order valence-corrected chi connectivity index (χ0v) is 24.3. The van der Waals surface area contributed by atoms with Crippen molar-refractivity contribution in [3.05, 3.63) is 198 Å². The van der Waals surface area contributed by atoms with E-state index >= 15 is 0 Å². The largest absolute Gasteiger partial charge is 0.416 e. The molecule has 13 rings (SSSR count). The van der Waals surface area contributed by atoms with Crippen LogP contribution in [0.5, 0.6) is 0 Å². The highest BCUT2D eigenvalue weighted by Gasteiger charge is 2.70. The molecule has 2 atom stereocenters. The summed E-state index contributed by atoms with van der Waals surface area (Å²) in [7, 11) is 0. The van der Waals surface area contributed by atoms with Crippen LogP contribution in [0.3, 0.4) is 0 Å². The molecule has 5 aliphatic carbocycles. The van der Waals surface area contributed by atoms with Crippen molar-refractivity contribution >= 4 is 0 Å². The number of hydrogen-bond acceptors (Lipinski definition) is 0. The van der Waals surface area contributed by atoms with Crippen LogP contribution < -0.4 is 9.13 Å². The van der Waals surface area contributed by atoms with Crippen molar-refractivity contribution in [2.75, 3.05) is 0 Å². The second-order valence-corrected chi connectivity index (χ2v) is 14.3. The average Bonchev–Trinajstić information content (AvgIpc) is 3.06. The number of aromatic nitrogens is 2. The van der Waals surface area contributed by atoms with Gasteiger partial charge in [0.15, 0.2) is 12.4 Å². The minimum absolute atomic E-state index is 0.307. The van der Waals surface area contributed by atoms with E-state index in [1.54, 1.807) is 33.4 Å². The van der Waals surface area contributed by atoms with Crippen LogP contribution in [0.2, 0.25) is 0 Å². The van der Waals surface area contributed by atoms with Gasteiger partial charge in [0.25, 0.3) is 0 Å². The SMILES string of the molecule is c1cc2c3c(c1)Cc1ccc[n+]4c1C3c1c(ccc3c1C41c4c(ccc5c4C4c6c(cccc6Cc6ccc[n+]1c64)C5)C3)C2. The van der Waals surface area contributed by atoms with Crippen molar-refractivity contribution in [1.29, 1.82) is 0 Å². The van der Waals surface area contributed by atoms with Crippen LogP contribution in [0.15, 0.2) is 97.3 Å². The van der Waals surface area contributed by atoms with E-state index in [0.717, 1.165) is 32.1 Å². The second kappa shape index (κ2) is 6.79. The van der Waals surface area contributed by atoms with Crippen LogP contribution >= 0.6 is 0 Å². The van der Waals surface area contributed by atoms with Crippen molar-refractivity contribution in [2.45, 2.75) is 49.6 Å². The summed E-state index contributed by atoms with van der Waals surface area (Å²) in [5.41, 5.74) is 27.5. The van der Waals surface area contributed by atoms with Crippen LogP contribution in [-0.4, -0.2) is 0 Å². The molecular formula is C42H28N2+2. The second-order valence-electron chi connectivity index (χ2n) is 14.3. The molecule has 1 spiro atoms. The summed E-state index contributed by atoms with van der Waals surface area (Å²) in [6.07, 6.45) is 10.0. The van der Waals surface area contributed by atoms with E-state index in [-0.39, 0.29) is 0 Å². The monoisotopic (exact) mass is 560 g/mol. The Labute approximate surface area is 255 Å². The van der Waals surface area contributed by atoms with E-state index in [0.29, 0.717) is 11.8 Å². The highest BCUT2D eigenvalue weighted by molar-refractivity contribution is 5.72. The Morgan fingerprint density at radius 2 is 0.750 bits per heavy atom. The fourth-order valence-electron chi connectivity index (χ4n) is 11.4. The Morgan fingerprint density at radius 3 is 1.23 bits per heavy atom. The Bertz CT molecular complexity index is 2250. The summed E-state index contributed by atoms with van der Waals surface area (Å²) >= 11 is 0. The summed E-state index contributed by atoms with van der Waals surface area (Å²) in [5, 5.41) is 0. The molecule has 0 bridgehead atoms. The van der Waals surface area contributed by atoms with Gasteiger partial charge in [0.1, 0.15) is 11.1 Å². The Kier molecular flexibility index (Phi) is 3.36.